The lowest BCUT2D eigenvalue weighted by Crippen LogP contribution is -2.40. The Bertz CT molecular complexity index is 989. The molecule has 1 aliphatic heterocycles. The summed E-state index contributed by atoms with van der Waals surface area (Å²) < 4.78 is 10.6. The van der Waals surface area contributed by atoms with Crippen LogP contribution in [0.3, 0.4) is 0 Å². The van der Waals surface area contributed by atoms with Gasteiger partial charge in [-0.1, -0.05) is 36.4 Å². The van der Waals surface area contributed by atoms with Crippen molar-refractivity contribution in [3.8, 4) is 5.75 Å². The third-order valence-corrected chi connectivity index (χ3v) is 5.90. The van der Waals surface area contributed by atoms with Crippen LogP contribution in [0.5, 0.6) is 5.75 Å². The smallest absolute Gasteiger partial charge is 0.308 e. The first-order valence-corrected chi connectivity index (χ1v) is 10.6. The SMILES string of the molecule is CN(C(=O)COC(=O)CCN1C(=O)COc2ccccc21)[C@H]1CCCc2ccccc21. The molecule has 0 spiro atoms. The molecule has 1 atom stereocenters. The van der Waals surface area contributed by atoms with Crippen molar-refractivity contribution in [3.63, 3.8) is 0 Å². The molecule has 0 fully saturated rings. The van der Waals surface area contributed by atoms with Crippen molar-refractivity contribution in [2.45, 2.75) is 31.7 Å². The lowest BCUT2D eigenvalue weighted by Gasteiger charge is -2.33. The number of carbonyl (C=O) groups excluding carboxylic acids is 3. The van der Waals surface area contributed by atoms with E-state index in [1.165, 1.54) is 16.0 Å². The molecular formula is C24H26N2O5. The molecule has 0 saturated heterocycles. The summed E-state index contributed by atoms with van der Waals surface area (Å²) in [6, 6.07) is 15.4. The van der Waals surface area contributed by atoms with Gasteiger partial charge in [0.2, 0.25) is 0 Å². The van der Waals surface area contributed by atoms with E-state index in [-0.39, 0.29) is 44.0 Å². The molecule has 7 heteroatoms. The van der Waals surface area contributed by atoms with Crippen LogP contribution >= 0.6 is 0 Å². The number of likely N-dealkylation sites (N-methyl/N-ethyl adjacent to an activating group) is 1. The fourth-order valence-corrected chi connectivity index (χ4v) is 4.22. The average Bonchev–Trinajstić information content (AvgIpc) is 2.81. The molecule has 0 bridgehead atoms. The van der Waals surface area contributed by atoms with Gasteiger partial charge >= 0.3 is 5.97 Å². The van der Waals surface area contributed by atoms with Gasteiger partial charge in [-0.15, -0.1) is 0 Å². The minimum atomic E-state index is -0.512. The number of nitrogens with zero attached hydrogens (tertiary/aromatic N) is 2. The molecule has 2 aromatic rings. The van der Waals surface area contributed by atoms with Crippen molar-refractivity contribution in [1.29, 1.82) is 0 Å². The Morgan fingerprint density at radius 1 is 1.16 bits per heavy atom. The van der Waals surface area contributed by atoms with Crippen molar-refractivity contribution in [3.05, 3.63) is 59.7 Å². The normalized spacial score (nSPS) is 17.3. The molecule has 1 aliphatic carbocycles. The summed E-state index contributed by atoms with van der Waals surface area (Å²) in [6.45, 7) is -0.183. The summed E-state index contributed by atoms with van der Waals surface area (Å²) in [5, 5.41) is 0. The zero-order valence-corrected chi connectivity index (χ0v) is 17.6. The summed E-state index contributed by atoms with van der Waals surface area (Å²) in [5.41, 5.74) is 3.07. The second kappa shape index (κ2) is 9.20. The monoisotopic (exact) mass is 422 g/mol. The van der Waals surface area contributed by atoms with Crippen LogP contribution in [0.15, 0.2) is 48.5 Å². The highest BCUT2D eigenvalue weighted by Gasteiger charge is 2.28. The number of aryl methyl sites for hydroxylation is 1. The zero-order valence-electron chi connectivity index (χ0n) is 17.6. The number of hydrogen-bond acceptors (Lipinski definition) is 5. The molecule has 2 aromatic carbocycles. The summed E-state index contributed by atoms with van der Waals surface area (Å²) in [7, 11) is 1.76. The average molecular weight is 422 g/mol. The molecule has 162 valence electrons. The fourth-order valence-electron chi connectivity index (χ4n) is 4.22. The molecule has 7 nitrogen and oxygen atoms in total. The molecule has 2 amide bonds. The maximum atomic E-state index is 12.6. The Balaban J connectivity index is 1.29. The predicted molar refractivity (Wildman–Crippen MR) is 115 cm³/mol. The molecule has 31 heavy (non-hydrogen) atoms. The molecule has 0 saturated carbocycles. The van der Waals surface area contributed by atoms with Crippen molar-refractivity contribution in [2.75, 3.05) is 31.7 Å². The number of para-hydroxylation sites is 2. The van der Waals surface area contributed by atoms with Crippen molar-refractivity contribution < 1.29 is 23.9 Å². The number of hydrogen-bond donors (Lipinski definition) is 0. The second-order valence-corrected chi connectivity index (χ2v) is 7.82. The van der Waals surface area contributed by atoms with E-state index in [9.17, 15) is 14.4 Å². The highest BCUT2D eigenvalue weighted by molar-refractivity contribution is 5.98. The first kappa shape index (κ1) is 20.9. The number of carbonyl (C=O) groups is 3. The van der Waals surface area contributed by atoms with Crippen LogP contribution < -0.4 is 9.64 Å². The van der Waals surface area contributed by atoms with Crippen molar-refractivity contribution in [2.24, 2.45) is 0 Å². The highest BCUT2D eigenvalue weighted by Crippen LogP contribution is 2.33. The van der Waals surface area contributed by atoms with Crippen LogP contribution in [0, 0.1) is 0 Å². The first-order valence-electron chi connectivity index (χ1n) is 10.6. The van der Waals surface area contributed by atoms with E-state index in [4.69, 9.17) is 9.47 Å². The minimum absolute atomic E-state index is 0.00127. The molecule has 0 N–H and O–H groups in total. The number of anilines is 1. The Hall–Kier alpha value is -3.35. The highest BCUT2D eigenvalue weighted by atomic mass is 16.5. The van der Waals surface area contributed by atoms with Gasteiger partial charge in [-0.05, 0) is 42.5 Å². The predicted octanol–water partition coefficient (Wildman–Crippen LogP) is 2.88. The second-order valence-electron chi connectivity index (χ2n) is 7.82. The maximum Gasteiger partial charge on any atom is 0.308 e. The fraction of sp³-hybridized carbons (Fsp3) is 0.375. The molecule has 0 aromatic heterocycles. The summed E-state index contributed by atoms with van der Waals surface area (Å²) in [5.74, 6) is -0.344. The van der Waals surface area contributed by atoms with Gasteiger partial charge in [-0.3, -0.25) is 14.4 Å². The largest absolute Gasteiger partial charge is 0.482 e. The third kappa shape index (κ3) is 4.55. The van der Waals surface area contributed by atoms with Crippen LogP contribution in [-0.4, -0.2) is 49.5 Å². The number of fused-ring (bicyclic) bond motifs is 2. The molecule has 2 aliphatic rings. The van der Waals surface area contributed by atoms with Gasteiger partial charge in [0.1, 0.15) is 5.75 Å². The molecular weight excluding hydrogens is 396 g/mol. The van der Waals surface area contributed by atoms with E-state index < -0.39 is 5.97 Å². The van der Waals surface area contributed by atoms with Gasteiger partial charge in [0.15, 0.2) is 13.2 Å². The van der Waals surface area contributed by atoms with E-state index >= 15 is 0 Å². The molecule has 4 rings (SSSR count). The number of esters is 1. The lowest BCUT2D eigenvalue weighted by atomic mass is 9.87. The van der Waals surface area contributed by atoms with Crippen molar-refractivity contribution in [1.82, 2.24) is 4.90 Å². The number of rotatable bonds is 6. The zero-order chi connectivity index (χ0) is 21.8. The summed E-state index contributed by atoms with van der Waals surface area (Å²) in [6.07, 6.45) is 2.94. The quantitative estimate of drug-likeness (QED) is 0.669. The van der Waals surface area contributed by atoms with E-state index in [1.54, 1.807) is 24.1 Å². The Kier molecular flexibility index (Phi) is 6.21. The van der Waals surface area contributed by atoms with Gasteiger partial charge in [0.25, 0.3) is 11.8 Å². The van der Waals surface area contributed by atoms with E-state index in [0.717, 1.165) is 19.3 Å². The minimum Gasteiger partial charge on any atom is -0.482 e. The van der Waals surface area contributed by atoms with E-state index in [1.807, 2.05) is 24.3 Å². The van der Waals surface area contributed by atoms with Crippen LogP contribution in [0.25, 0.3) is 0 Å². The van der Waals surface area contributed by atoms with E-state index in [2.05, 4.69) is 12.1 Å². The maximum absolute atomic E-state index is 12.6. The third-order valence-electron chi connectivity index (χ3n) is 5.90. The van der Waals surface area contributed by atoms with E-state index in [0.29, 0.717) is 11.4 Å². The van der Waals surface area contributed by atoms with Gasteiger partial charge in [-0.2, -0.15) is 0 Å². The molecule has 0 unspecified atom stereocenters. The van der Waals surface area contributed by atoms with Crippen molar-refractivity contribution >= 4 is 23.5 Å². The van der Waals surface area contributed by atoms with Gasteiger partial charge in [-0.25, -0.2) is 0 Å². The lowest BCUT2D eigenvalue weighted by molar-refractivity contribution is -0.152. The van der Waals surface area contributed by atoms with Gasteiger partial charge < -0.3 is 19.3 Å². The number of benzene rings is 2. The first-order chi connectivity index (χ1) is 15.0. The summed E-state index contributed by atoms with van der Waals surface area (Å²) >= 11 is 0. The van der Waals surface area contributed by atoms with Crippen LogP contribution in [0.4, 0.5) is 5.69 Å². The number of amides is 2. The Labute approximate surface area is 181 Å². The van der Waals surface area contributed by atoms with Gasteiger partial charge in [0, 0.05) is 13.6 Å². The number of ether oxygens (including phenoxy) is 2. The molecule has 0 radical (unpaired) electrons. The van der Waals surface area contributed by atoms with Crippen LogP contribution in [0.1, 0.15) is 36.4 Å². The molecule has 1 heterocycles. The topological polar surface area (TPSA) is 76.2 Å². The standard InChI is InChI=1S/C24H26N2O5/c1-25(19-11-6-8-17-7-2-3-9-18(17)19)22(27)15-31-24(29)13-14-26-20-10-4-5-12-21(20)30-16-23(26)28/h2-5,7,9-10,12,19H,6,8,11,13-16H2,1H3/t19-/m0/s1. The van der Waals surface area contributed by atoms with Gasteiger partial charge in [0.05, 0.1) is 18.2 Å². The van der Waals surface area contributed by atoms with Crippen LogP contribution in [-0.2, 0) is 25.5 Å². The Morgan fingerprint density at radius 3 is 2.81 bits per heavy atom. The summed E-state index contributed by atoms with van der Waals surface area (Å²) in [4.78, 5) is 40.3. The van der Waals surface area contributed by atoms with Crippen LogP contribution in [0.2, 0.25) is 0 Å². The Morgan fingerprint density at radius 2 is 1.94 bits per heavy atom.